The average molecular weight is 295 g/mol. The molecule has 0 saturated heterocycles. The highest BCUT2D eigenvalue weighted by molar-refractivity contribution is 5.39. The van der Waals surface area contributed by atoms with Crippen molar-refractivity contribution in [1.29, 1.82) is 0 Å². The molecule has 120 valence electrons. The minimum Gasteiger partial charge on any atom is -0.493 e. The molecule has 0 aromatic heterocycles. The Kier molecular flexibility index (Phi) is 7.54. The molecule has 1 atom stereocenters. The molecular weight excluding hydrogens is 266 g/mol. The standard InChI is InChI=1S/C17H29NO3/c1-5-11-17(3,19)14-18(6-2)12-13-21-16-10-8-7-9-15(16)20-4/h7-10,19H,5-6,11-14H2,1-4H3/t17-/m0/s1. The number of rotatable bonds is 10. The van der Waals surface area contributed by atoms with Gasteiger partial charge in [0.05, 0.1) is 12.7 Å². The highest BCUT2D eigenvalue weighted by atomic mass is 16.5. The van der Waals surface area contributed by atoms with E-state index in [1.165, 1.54) is 0 Å². The number of hydrogen-bond donors (Lipinski definition) is 1. The summed E-state index contributed by atoms with van der Waals surface area (Å²) in [4.78, 5) is 2.21. The Hall–Kier alpha value is -1.26. The third-order valence-corrected chi connectivity index (χ3v) is 3.53. The van der Waals surface area contributed by atoms with Crippen LogP contribution in [-0.2, 0) is 0 Å². The first-order valence-electron chi connectivity index (χ1n) is 7.73. The molecule has 1 aromatic carbocycles. The Morgan fingerprint density at radius 1 is 1.19 bits per heavy atom. The lowest BCUT2D eigenvalue weighted by molar-refractivity contribution is 0.0101. The van der Waals surface area contributed by atoms with Crippen molar-refractivity contribution >= 4 is 0 Å². The molecule has 0 radical (unpaired) electrons. The SMILES string of the molecule is CCC[C@](C)(O)CN(CC)CCOc1ccccc1OC. The number of benzene rings is 1. The molecule has 1 rings (SSSR count). The van der Waals surface area contributed by atoms with E-state index in [0.717, 1.165) is 37.4 Å². The fraction of sp³-hybridized carbons (Fsp3) is 0.647. The van der Waals surface area contributed by atoms with E-state index >= 15 is 0 Å². The number of likely N-dealkylation sites (N-methyl/N-ethyl adjacent to an activating group) is 1. The van der Waals surface area contributed by atoms with Crippen LogP contribution in [0.25, 0.3) is 0 Å². The molecule has 0 aliphatic heterocycles. The van der Waals surface area contributed by atoms with Crippen molar-refractivity contribution in [2.24, 2.45) is 0 Å². The van der Waals surface area contributed by atoms with Crippen LogP contribution < -0.4 is 9.47 Å². The van der Waals surface area contributed by atoms with Crippen LogP contribution in [0.1, 0.15) is 33.6 Å². The van der Waals surface area contributed by atoms with Gasteiger partial charge in [0.15, 0.2) is 11.5 Å². The predicted molar refractivity (Wildman–Crippen MR) is 86.1 cm³/mol. The van der Waals surface area contributed by atoms with Gasteiger partial charge in [-0.3, -0.25) is 4.90 Å². The van der Waals surface area contributed by atoms with Crippen molar-refractivity contribution in [2.75, 3.05) is 33.4 Å². The molecule has 0 heterocycles. The maximum absolute atomic E-state index is 10.3. The van der Waals surface area contributed by atoms with Crippen LogP contribution in [0.4, 0.5) is 0 Å². The van der Waals surface area contributed by atoms with Crippen molar-refractivity contribution in [3.05, 3.63) is 24.3 Å². The first-order chi connectivity index (χ1) is 10.0. The van der Waals surface area contributed by atoms with E-state index in [4.69, 9.17) is 9.47 Å². The minimum atomic E-state index is -0.630. The summed E-state index contributed by atoms with van der Waals surface area (Å²) in [6, 6.07) is 7.65. The third kappa shape index (κ3) is 6.36. The topological polar surface area (TPSA) is 41.9 Å². The third-order valence-electron chi connectivity index (χ3n) is 3.53. The number of aliphatic hydroxyl groups is 1. The fourth-order valence-corrected chi connectivity index (χ4v) is 2.47. The molecule has 4 nitrogen and oxygen atoms in total. The smallest absolute Gasteiger partial charge is 0.161 e. The summed E-state index contributed by atoms with van der Waals surface area (Å²) < 4.78 is 11.0. The number of nitrogens with zero attached hydrogens (tertiary/aromatic N) is 1. The van der Waals surface area contributed by atoms with Crippen LogP contribution in [0.3, 0.4) is 0 Å². The fourth-order valence-electron chi connectivity index (χ4n) is 2.47. The van der Waals surface area contributed by atoms with Gasteiger partial charge < -0.3 is 14.6 Å². The van der Waals surface area contributed by atoms with Crippen molar-refractivity contribution in [1.82, 2.24) is 4.90 Å². The van der Waals surface area contributed by atoms with Crippen LogP contribution in [-0.4, -0.2) is 49.0 Å². The highest BCUT2D eigenvalue weighted by Crippen LogP contribution is 2.25. The molecule has 4 heteroatoms. The predicted octanol–water partition coefficient (Wildman–Crippen LogP) is 2.95. The highest BCUT2D eigenvalue weighted by Gasteiger charge is 2.22. The molecule has 21 heavy (non-hydrogen) atoms. The molecular formula is C17H29NO3. The monoisotopic (exact) mass is 295 g/mol. The van der Waals surface area contributed by atoms with Crippen LogP contribution in [0.2, 0.25) is 0 Å². The van der Waals surface area contributed by atoms with Crippen molar-refractivity contribution in [2.45, 2.75) is 39.2 Å². The average Bonchev–Trinajstić information content (AvgIpc) is 2.46. The van der Waals surface area contributed by atoms with Crippen molar-refractivity contribution in [3.8, 4) is 11.5 Å². The van der Waals surface area contributed by atoms with E-state index in [9.17, 15) is 5.11 Å². The second-order valence-electron chi connectivity index (χ2n) is 5.62. The number of para-hydroxylation sites is 2. The van der Waals surface area contributed by atoms with E-state index in [1.54, 1.807) is 7.11 Å². The zero-order valence-corrected chi connectivity index (χ0v) is 13.8. The molecule has 0 saturated carbocycles. The Labute approximate surface area is 128 Å². The Morgan fingerprint density at radius 3 is 2.43 bits per heavy atom. The van der Waals surface area contributed by atoms with Gasteiger partial charge >= 0.3 is 0 Å². The van der Waals surface area contributed by atoms with E-state index in [-0.39, 0.29) is 0 Å². The van der Waals surface area contributed by atoms with Gasteiger partial charge in [-0.05, 0) is 32.0 Å². The summed E-state index contributed by atoms with van der Waals surface area (Å²) in [5, 5.41) is 10.3. The molecule has 0 unspecified atom stereocenters. The van der Waals surface area contributed by atoms with Crippen molar-refractivity contribution < 1.29 is 14.6 Å². The summed E-state index contributed by atoms with van der Waals surface area (Å²) in [5.74, 6) is 1.51. The zero-order valence-electron chi connectivity index (χ0n) is 13.8. The lowest BCUT2D eigenvalue weighted by atomic mass is 10.00. The maximum Gasteiger partial charge on any atom is 0.161 e. The van der Waals surface area contributed by atoms with Gasteiger partial charge in [-0.2, -0.15) is 0 Å². The van der Waals surface area contributed by atoms with Gasteiger partial charge in [0.2, 0.25) is 0 Å². The van der Waals surface area contributed by atoms with Gasteiger partial charge in [-0.1, -0.05) is 32.4 Å². The number of ether oxygens (including phenoxy) is 2. The maximum atomic E-state index is 10.3. The summed E-state index contributed by atoms with van der Waals surface area (Å²) in [6.45, 7) is 9.04. The summed E-state index contributed by atoms with van der Waals surface area (Å²) in [6.07, 6.45) is 1.80. The first kappa shape index (κ1) is 17.8. The minimum absolute atomic E-state index is 0.580. The van der Waals surface area contributed by atoms with Gasteiger partial charge in [-0.15, -0.1) is 0 Å². The Balaban J connectivity index is 2.45. The summed E-state index contributed by atoms with van der Waals surface area (Å²) in [7, 11) is 1.64. The van der Waals surface area contributed by atoms with Gasteiger partial charge in [0.1, 0.15) is 6.61 Å². The van der Waals surface area contributed by atoms with Gasteiger partial charge in [0.25, 0.3) is 0 Å². The summed E-state index contributed by atoms with van der Waals surface area (Å²) >= 11 is 0. The van der Waals surface area contributed by atoms with Crippen LogP contribution in [0, 0.1) is 0 Å². The van der Waals surface area contributed by atoms with Gasteiger partial charge in [0, 0.05) is 13.1 Å². The van der Waals surface area contributed by atoms with Crippen molar-refractivity contribution in [3.63, 3.8) is 0 Å². The lowest BCUT2D eigenvalue weighted by Crippen LogP contribution is -2.42. The number of methoxy groups -OCH3 is 1. The molecule has 0 fully saturated rings. The van der Waals surface area contributed by atoms with E-state index in [0.29, 0.717) is 13.2 Å². The largest absolute Gasteiger partial charge is 0.493 e. The Morgan fingerprint density at radius 2 is 1.86 bits per heavy atom. The molecule has 0 aliphatic rings. The first-order valence-corrected chi connectivity index (χ1v) is 7.73. The molecule has 0 amide bonds. The molecule has 0 aliphatic carbocycles. The van der Waals surface area contributed by atoms with Crippen LogP contribution >= 0.6 is 0 Å². The van der Waals surface area contributed by atoms with E-state index in [1.807, 2.05) is 31.2 Å². The second-order valence-corrected chi connectivity index (χ2v) is 5.62. The number of hydrogen-bond acceptors (Lipinski definition) is 4. The summed E-state index contributed by atoms with van der Waals surface area (Å²) in [5.41, 5.74) is -0.630. The molecule has 1 aromatic rings. The van der Waals surface area contributed by atoms with Crippen LogP contribution in [0.15, 0.2) is 24.3 Å². The van der Waals surface area contributed by atoms with E-state index < -0.39 is 5.60 Å². The second kappa shape index (κ2) is 8.90. The lowest BCUT2D eigenvalue weighted by Gasteiger charge is -2.30. The molecule has 0 spiro atoms. The normalized spacial score (nSPS) is 14.0. The van der Waals surface area contributed by atoms with E-state index in [2.05, 4.69) is 18.7 Å². The van der Waals surface area contributed by atoms with Gasteiger partial charge in [-0.25, -0.2) is 0 Å². The van der Waals surface area contributed by atoms with Crippen LogP contribution in [0.5, 0.6) is 11.5 Å². The zero-order chi connectivity index (χ0) is 15.7. The Bertz CT molecular complexity index is 407. The quantitative estimate of drug-likeness (QED) is 0.720. The molecule has 1 N–H and O–H groups in total. The molecule has 0 bridgehead atoms.